The molecule has 1 heterocycles. The van der Waals surface area contributed by atoms with Gasteiger partial charge in [-0.2, -0.15) is 5.26 Å². The second kappa shape index (κ2) is 8.35. The van der Waals surface area contributed by atoms with E-state index in [1.54, 1.807) is 5.38 Å². The monoisotopic (exact) mass is 419 g/mol. The lowest BCUT2D eigenvalue weighted by Gasteiger charge is -2.17. The zero-order chi connectivity index (χ0) is 21.1. The molecule has 0 bridgehead atoms. The van der Waals surface area contributed by atoms with Crippen LogP contribution in [0.25, 0.3) is 11.1 Å². The third kappa shape index (κ3) is 3.88. The molecular weight excluding hydrogens is 402 g/mol. The Morgan fingerprint density at radius 1 is 1.17 bits per heavy atom. The number of amides is 1. The number of fused-ring (bicyclic) bond motifs is 3. The van der Waals surface area contributed by atoms with Gasteiger partial charge in [-0.1, -0.05) is 48.5 Å². The Bertz CT molecular complexity index is 1110. The van der Waals surface area contributed by atoms with Gasteiger partial charge in [-0.05, 0) is 22.3 Å². The van der Waals surface area contributed by atoms with Crippen LogP contribution in [0, 0.1) is 11.3 Å². The predicted molar refractivity (Wildman–Crippen MR) is 110 cm³/mol. The molecule has 0 aliphatic heterocycles. The molecule has 1 amide bonds. The highest BCUT2D eigenvalue weighted by Gasteiger charge is 2.30. The van der Waals surface area contributed by atoms with Gasteiger partial charge in [-0.3, -0.25) is 0 Å². The number of nitrogens with zero attached hydrogens (tertiary/aromatic N) is 2. The Kier molecular flexibility index (Phi) is 5.46. The lowest BCUT2D eigenvalue weighted by Crippen LogP contribution is -2.42. The number of aromatic nitrogens is 1. The summed E-state index contributed by atoms with van der Waals surface area (Å²) in [5.41, 5.74) is 4.60. The average Bonchev–Trinajstić information content (AvgIpc) is 3.34. The van der Waals surface area contributed by atoms with Gasteiger partial charge in [0.15, 0.2) is 5.69 Å². The number of thiazole rings is 1. The molecule has 2 aromatic carbocycles. The maximum absolute atomic E-state index is 12.3. The van der Waals surface area contributed by atoms with Crippen molar-refractivity contribution in [3.63, 3.8) is 0 Å². The van der Waals surface area contributed by atoms with E-state index in [0.717, 1.165) is 22.3 Å². The van der Waals surface area contributed by atoms with Crippen LogP contribution in [0.1, 0.15) is 27.7 Å². The maximum atomic E-state index is 12.3. The average molecular weight is 419 g/mol. The van der Waals surface area contributed by atoms with Crippen molar-refractivity contribution in [1.29, 1.82) is 5.26 Å². The summed E-state index contributed by atoms with van der Waals surface area (Å²) >= 11 is 1.18. The molecule has 7 nitrogen and oxygen atoms in total. The summed E-state index contributed by atoms with van der Waals surface area (Å²) in [5.74, 6) is -1.30. The number of carboxylic acids is 1. The molecule has 0 spiro atoms. The van der Waals surface area contributed by atoms with Gasteiger partial charge in [0.1, 0.15) is 18.7 Å². The van der Waals surface area contributed by atoms with E-state index in [1.165, 1.54) is 11.3 Å². The zero-order valence-electron chi connectivity index (χ0n) is 15.7. The fourth-order valence-electron chi connectivity index (χ4n) is 3.61. The Morgan fingerprint density at radius 3 is 2.37 bits per heavy atom. The van der Waals surface area contributed by atoms with Gasteiger partial charge in [-0.25, -0.2) is 14.6 Å². The summed E-state index contributed by atoms with van der Waals surface area (Å²) in [6.07, 6.45) is -0.826. The lowest BCUT2D eigenvalue weighted by atomic mass is 9.98. The van der Waals surface area contributed by atoms with E-state index in [9.17, 15) is 14.7 Å². The molecule has 0 saturated carbocycles. The normalized spacial score (nSPS) is 13.0. The minimum atomic E-state index is -1.20. The number of hydrogen-bond acceptors (Lipinski definition) is 6. The SMILES string of the molecule is N#Cc1csc(CC(NC(=O)OCC2c3ccccc3-c3ccccc32)C(=O)O)n1. The number of nitrogens with one attached hydrogen (secondary N) is 1. The number of ether oxygens (including phenoxy) is 1. The number of aliphatic carboxylic acids is 1. The number of nitriles is 1. The van der Waals surface area contributed by atoms with Crippen molar-refractivity contribution in [2.75, 3.05) is 6.61 Å². The minimum absolute atomic E-state index is 0.0219. The standard InChI is InChI=1S/C22H17N3O4S/c23-10-13-12-30-20(24-13)9-19(21(26)27)25-22(28)29-11-18-16-7-3-1-5-14(16)15-6-2-4-8-17(15)18/h1-8,12,18-19H,9,11H2,(H,25,28)(H,26,27). The van der Waals surface area contributed by atoms with Gasteiger partial charge < -0.3 is 15.2 Å². The van der Waals surface area contributed by atoms with Crippen LogP contribution in [-0.4, -0.2) is 34.8 Å². The van der Waals surface area contributed by atoms with Crippen molar-refractivity contribution < 1.29 is 19.4 Å². The fraction of sp³-hybridized carbons (Fsp3) is 0.182. The predicted octanol–water partition coefficient (Wildman–Crippen LogP) is 3.55. The molecule has 0 fully saturated rings. The van der Waals surface area contributed by atoms with Gasteiger partial charge >= 0.3 is 12.1 Å². The van der Waals surface area contributed by atoms with Crippen molar-refractivity contribution in [3.8, 4) is 17.2 Å². The molecule has 0 radical (unpaired) electrons. The Labute approximate surface area is 176 Å². The molecule has 0 saturated heterocycles. The van der Waals surface area contributed by atoms with Crippen LogP contribution in [0.3, 0.4) is 0 Å². The number of benzene rings is 2. The number of carbonyl (C=O) groups excluding carboxylic acids is 1. The van der Waals surface area contributed by atoms with E-state index in [0.29, 0.717) is 5.01 Å². The summed E-state index contributed by atoms with van der Waals surface area (Å²) in [4.78, 5) is 27.9. The highest BCUT2D eigenvalue weighted by molar-refractivity contribution is 7.09. The molecule has 1 unspecified atom stereocenters. The lowest BCUT2D eigenvalue weighted by molar-refractivity contribution is -0.139. The minimum Gasteiger partial charge on any atom is -0.480 e. The third-order valence-electron chi connectivity index (χ3n) is 4.98. The van der Waals surface area contributed by atoms with E-state index in [-0.39, 0.29) is 24.6 Å². The van der Waals surface area contributed by atoms with E-state index >= 15 is 0 Å². The molecule has 8 heteroatoms. The Balaban J connectivity index is 1.43. The molecule has 1 aliphatic carbocycles. The van der Waals surface area contributed by atoms with Gasteiger partial charge in [0.25, 0.3) is 0 Å². The highest BCUT2D eigenvalue weighted by Crippen LogP contribution is 2.44. The van der Waals surface area contributed by atoms with Crippen LogP contribution >= 0.6 is 11.3 Å². The number of carbonyl (C=O) groups is 2. The molecule has 1 aliphatic rings. The summed E-state index contributed by atoms with van der Waals surface area (Å²) in [5, 5.41) is 22.7. The number of hydrogen-bond donors (Lipinski definition) is 2. The van der Waals surface area contributed by atoms with Crippen LogP contribution < -0.4 is 5.32 Å². The second-order valence-corrected chi connectivity index (χ2v) is 7.75. The van der Waals surface area contributed by atoms with Crippen molar-refractivity contribution in [2.45, 2.75) is 18.4 Å². The molecule has 2 N–H and O–H groups in total. The summed E-state index contributed by atoms with van der Waals surface area (Å²) in [6, 6.07) is 16.6. The number of carboxylic acid groups (broad SMARTS) is 1. The molecular formula is C22H17N3O4S. The molecule has 3 aromatic rings. The van der Waals surface area contributed by atoms with Crippen LogP contribution in [-0.2, 0) is 16.0 Å². The topological polar surface area (TPSA) is 112 Å². The largest absolute Gasteiger partial charge is 0.480 e. The summed E-state index contributed by atoms with van der Waals surface area (Å²) < 4.78 is 5.40. The van der Waals surface area contributed by atoms with Gasteiger partial charge in [0.2, 0.25) is 0 Å². The first kappa shape index (κ1) is 19.6. The van der Waals surface area contributed by atoms with Crippen LogP contribution in [0.2, 0.25) is 0 Å². The molecule has 30 heavy (non-hydrogen) atoms. The van der Waals surface area contributed by atoms with Crippen LogP contribution in [0.4, 0.5) is 4.79 Å². The smallest absolute Gasteiger partial charge is 0.407 e. The number of rotatable bonds is 6. The molecule has 1 atom stereocenters. The van der Waals surface area contributed by atoms with E-state index in [4.69, 9.17) is 10.00 Å². The summed E-state index contributed by atoms with van der Waals surface area (Å²) in [7, 11) is 0. The highest BCUT2D eigenvalue weighted by atomic mass is 32.1. The Morgan fingerprint density at radius 2 is 1.80 bits per heavy atom. The van der Waals surface area contributed by atoms with Crippen molar-refractivity contribution in [2.24, 2.45) is 0 Å². The summed E-state index contributed by atoms with van der Waals surface area (Å²) in [6.45, 7) is 0.0992. The molecule has 4 rings (SSSR count). The van der Waals surface area contributed by atoms with Crippen molar-refractivity contribution in [1.82, 2.24) is 10.3 Å². The quantitative estimate of drug-likeness (QED) is 0.632. The van der Waals surface area contributed by atoms with Gasteiger partial charge in [0.05, 0.1) is 5.01 Å². The van der Waals surface area contributed by atoms with Gasteiger partial charge in [0, 0.05) is 17.7 Å². The zero-order valence-corrected chi connectivity index (χ0v) is 16.6. The second-order valence-electron chi connectivity index (χ2n) is 6.80. The maximum Gasteiger partial charge on any atom is 0.407 e. The molecule has 150 valence electrons. The van der Waals surface area contributed by atoms with E-state index in [2.05, 4.69) is 10.3 Å². The third-order valence-corrected chi connectivity index (χ3v) is 5.85. The molecule has 1 aromatic heterocycles. The van der Waals surface area contributed by atoms with E-state index < -0.39 is 18.1 Å². The van der Waals surface area contributed by atoms with Crippen LogP contribution in [0.5, 0.6) is 0 Å². The van der Waals surface area contributed by atoms with Crippen molar-refractivity contribution >= 4 is 23.4 Å². The number of alkyl carbamates (subject to hydrolysis) is 1. The van der Waals surface area contributed by atoms with Gasteiger partial charge in [-0.15, -0.1) is 11.3 Å². The van der Waals surface area contributed by atoms with E-state index in [1.807, 2.05) is 54.6 Å². The van der Waals surface area contributed by atoms with Crippen LogP contribution in [0.15, 0.2) is 53.9 Å². The first-order chi connectivity index (χ1) is 14.6. The van der Waals surface area contributed by atoms with Crippen molar-refractivity contribution in [3.05, 3.63) is 75.7 Å². The fourth-order valence-corrected chi connectivity index (χ4v) is 4.38. The first-order valence-electron chi connectivity index (χ1n) is 9.25. The first-order valence-corrected chi connectivity index (χ1v) is 10.1. The Hall–Kier alpha value is -3.70.